The average molecular weight is 357 g/mol. The number of hydrogen-bond donors (Lipinski definition) is 2. The topological polar surface area (TPSA) is 64.1 Å². The van der Waals surface area contributed by atoms with E-state index in [1.807, 2.05) is 56.3 Å². The van der Waals surface area contributed by atoms with Gasteiger partial charge in [0.05, 0.1) is 20.8 Å². The summed E-state index contributed by atoms with van der Waals surface area (Å²) in [6, 6.07) is 13.6. The third kappa shape index (κ3) is 5.88. The van der Waals surface area contributed by atoms with E-state index in [9.17, 15) is 0 Å². The van der Waals surface area contributed by atoms with Crippen LogP contribution in [-0.4, -0.2) is 39.9 Å². The summed E-state index contributed by atoms with van der Waals surface area (Å²) >= 11 is 0. The number of aryl methyl sites for hydroxylation is 1. The quantitative estimate of drug-likeness (QED) is 0.430. The molecule has 6 heteroatoms. The Kier molecular flexibility index (Phi) is 7.61. The van der Waals surface area contributed by atoms with Crippen LogP contribution in [0.3, 0.4) is 0 Å². The van der Waals surface area contributed by atoms with E-state index in [-0.39, 0.29) is 0 Å². The van der Waals surface area contributed by atoms with Gasteiger partial charge >= 0.3 is 0 Å². The molecule has 0 aromatic heterocycles. The van der Waals surface area contributed by atoms with Gasteiger partial charge in [0.1, 0.15) is 12.4 Å². The smallest absolute Gasteiger partial charge is 0.195 e. The molecule has 2 aromatic rings. The van der Waals surface area contributed by atoms with Crippen molar-refractivity contribution in [2.24, 2.45) is 4.99 Å². The number of aliphatic imine (C=N–C) groups is 1. The normalized spacial score (nSPS) is 11.0. The summed E-state index contributed by atoms with van der Waals surface area (Å²) in [4.78, 5) is 4.54. The van der Waals surface area contributed by atoms with Gasteiger partial charge in [-0.25, -0.2) is 4.99 Å². The van der Waals surface area contributed by atoms with Crippen LogP contribution in [0.5, 0.6) is 17.2 Å². The minimum Gasteiger partial charge on any atom is -0.493 e. The van der Waals surface area contributed by atoms with Crippen LogP contribution in [0.2, 0.25) is 0 Å². The molecule has 2 N–H and O–H groups in total. The number of methoxy groups -OCH3 is 2. The number of benzene rings is 2. The van der Waals surface area contributed by atoms with Crippen molar-refractivity contribution in [3.05, 3.63) is 48.0 Å². The summed E-state index contributed by atoms with van der Waals surface area (Å²) in [5, 5.41) is 6.48. The van der Waals surface area contributed by atoms with E-state index in [4.69, 9.17) is 14.2 Å². The van der Waals surface area contributed by atoms with Crippen molar-refractivity contribution >= 4 is 11.6 Å². The third-order valence-electron chi connectivity index (χ3n) is 3.61. The zero-order chi connectivity index (χ0) is 18.8. The van der Waals surface area contributed by atoms with E-state index >= 15 is 0 Å². The zero-order valence-corrected chi connectivity index (χ0v) is 15.8. The van der Waals surface area contributed by atoms with Gasteiger partial charge in [-0.3, -0.25) is 0 Å². The highest BCUT2D eigenvalue weighted by atomic mass is 16.5. The van der Waals surface area contributed by atoms with Gasteiger partial charge in [-0.05, 0) is 43.7 Å². The number of ether oxygens (including phenoxy) is 3. The second-order valence-corrected chi connectivity index (χ2v) is 5.62. The summed E-state index contributed by atoms with van der Waals surface area (Å²) in [6.07, 6.45) is 0. The molecule has 0 aliphatic rings. The van der Waals surface area contributed by atoms with Crippen molar-refractivity contribution in [2.75, 3.05) is 39.2 Å². The summed E-state index contributed by atoms with van der Waals surface area (Å²) in [7, 11) is 3.23. The van der Waals surface area contributed by atoms with Gasteiger partial charge in [0.2, 0.25) is 0 Å². The Morgan fingerprint density at radius 3 is 2.54 bits per heavy atom. The van der Waals surface area contributed by atoms with Crippen LogP contribution in [-0.2, 0) is 0 Å². The molecule has 0 radical (unpaired) electrons. The molecule has 2 rings (SSSR count). The van der Waals surface area contributed by atoms with Crippen molar-refractivity contribution < 1.29 is 14.2 Å². The van der Waals surface area contributed by atoms with Crippen LogP contribution >= 0.6 is 0 Å². The van der Waals surface area contributed by atoms with E-state index in [2.05, 4.69) is 15.6 Å². The van der Waals surface area contributed by atoms with Crippen molar-refractivity contribution in [3.8, 4) is 17.2 Å². The van der Waals surface area contributed by atoms with Gasteiger partial charge in [-0.1, -0.05) is 12.1 Å². The summed E-state index contributed by atoms with van der Waals surface area (Å²) in [6.45, 7) is 5.87. The SMILES string of the molecule is CCNC(=NCCOc1cccc(C)c1)Nc1ccc(OC)c(OC)c1. The number of nitrogens with zero attached hydrogens (tertiary/aromatic N) is 1. The van der Waals surface area contributed by atoms with Gasteiger partial charge in [0, 0.05) is 18.3 Å². The lowest BCUT2D eigenvalue weighted by molar-refractivity contribution is 0.328. The van der Waals surface area contributed by atoms with Crippen LogP contribution in [0.4, 0.5) is 5.69 Å². The van der Waals surface area contributed by atoms with Crippen molar-refractivity contribution in [1.29, 1.82) is 0 Å². The zero-order valence-electron chi connectivity index (χ0n) is 15.8. The molecule has 0 fully saturated rings. The molecule has 0 unspecified atom stereocenters. The Morgan fingerprint density at radius 2 is 1.85 bits per heavy atom. The molecule has 0 atom stereocenters. The molecule has 0 aliphatic carbocycles. The predicted octanol–water partition coefficient (Wildman–Crippen LogP) is 3.47. The largest absolute Gasteiger partial charge is 0.493 e. The van der Waals surface area contributed by atoms with Gasteiger partial charge in [-0.15, -0.1) is 0 Å². The van der Waals surface area contributed by atoms with Gasteiger partial charge < -0.3 is 24.8 Å². The first-order valence-electron chi connectivity index (χ1n) is 8.63. The van der Waals surface area contributed by atoms with E-state index in [1.165, 1.54) is 5.56 Å². The lowest BCUT2D eigenvalue weighted by atomic mass is 10.2. The predicted molar refractivity (Wildman–Crippen MR) is 106 cm³/mol. The average Bonchev–Trinajstić information content (AvgIpc) is 2.65. The molecule has 6 nitrogen and oxygen atoms in total. The molecule has 140 valence electrons. The van der Waals surface area contributed by atoms with Gasteiger partial charge in [0.15, 0.2) is 17.5 Å². The Bertz CT molecular complexity index is 732. The fraction of sp³-hybridized carbons (Fsp3) is 0.350. The lowest BCUT2D eigenvalue weighted by Gasteiger charge is -2.14. The summed E-state index contributed by atoms with van der Waals surface area (Å²) < 4.78 is 16.3. The van der Waals surface area contributed by atoms with E-state index in [0.29, 0.717) is 30.6 Å². The first-order valence-corrected chi connectivity index (χ1v) is 8.63. The first kappa shape index (κ1) is 19.4. The standard InChI is InChI=1S/C20H27N3O3/c1-5-21-20(22-11-12-26-17-8-6-7-15(2)13-17)23-16-9-10-18(24-3)19(14-16)25-4/h6-10,13-14H,5,11-12H2,1-4H3,(H2,21,22,23). The minimum atomic E-state index is 0.506. The van der Waals surface area contributed by atoms with E-state index in [0.717, 1.165) is 18.0 Å². The lowest BCUT2D eigenvalue weighted by Crippen LogP contribution is -2.31. The molecule has 0 amide bonds. The van der Waals surface area contributed by atoms with Crippen LogP contribution < -0.4 is 24.8 Å². The molecule has 0 saturated heterocycles. The maximum absolute atomic E-state index is 5.73. The first-order chi connectivity index (χ1) is 12.7. The van der Waals surface area contributed by atoms with Crippen LogP contribution in [0.1, 0.15) is 12.5 Å². The summed E-state index contributed by atoms with van der Waals surface area (Å²) in [5.74, 6) is 2.90. The molecule has 2 aromatic carbocycles. The molecule has 0 spiro atoms. The molecule has 0 saturated carbocycles. The molecular weight excluding hydrogens is 330 g/mol. The summed E-state index contributed by atoms with van der Waals surface area (Å²) in [5.41, 5.74) is 2.04. The Balaban J connectivity index is 1.95. The fourth-order valence-electron chi connectivity index (χ4n) is 2.38. The highest BCUT2D eigenvalue weighted by Gasteiger charge is 2.06. The van der Waals surface area contributed by atoms with Crippen molar-refractivity contribution in [3.63, 3.8) is 0 Å². The van der Waals surface area contributed by atoms with Crippen molar-refractivity contribution in [1.82, 2.24) is 5.32 Å². The Hall–Kier alpha value is -2.89. The van der Waals surface area contributed by atoms with Crippen LogP contribution in [0.15, 0.2) is 47.5 Å². The molecule has 26 heavy (non-hydrogen) atoms. The number of rotatable bonds is 8. The second-order valence-electron chi connectivity index (χ2n) is 5.62. The second kappa shape index (κ2) is 10.2. The molecule has 0 bridgehead atoms. The van der Waals surface area contributed by atoms with E-state index < -0.39 is 0 Å². The van der Waals surface area contributed by atoms with Gasteiger partial charge in [-0.2, -0.15) is 0 Å². The molecular formula is C20H27N3O3. The highest BCUT2D eigenvalue weighted by molar-refractivity contribution is 5.93. The Morgan fingerprint density at radius 1 is 1.04 bits per heavy atom. The number of anilines is 1. The third-order valence-corrected chi connectivity index (χ3v) is 3.61. The molecule has 0 heterocycles. The molecule has 0 aliphatic heterocycles. The number of nitrogens with one attached hydrogen (secondary N) is 2. The van der Waals surface area contributed by atoms with E-state index in [1.54, 1.807) is 14.2 Å². The number of hydrogen-bond acceptors (Lipinski definition) is 4. The fourth-order valence-corrected chi connectivity index (χ4v) is 2.38. The maximum Gasteiger partial charge on any atom is 0.195 e. The van der Waals surface area contributed by atoms with Crippen LogP contribution in [0, 0.1) is 6.92 Å². The van der Waals surface area contributed by atoms with Gasteiger partial charge in [0.25, 0.3) is 0 Å². The monoisotopic (exact) mass is 357 g/mol. The Labute approximate surface area is 155 Å². The highest BCUT2D eigenvalue weighted by Crippen LogP contribution is 2.29. The van der Waals surface area contributed by atoms with Crippen molar-refractivity contribution in [2.45, 2.75) is 13.8 Å². The van der Waals surface area contributed by atoms with Crippen LogP contribution in [0.25, 0.3) is 0 Å². The number of guanidine groups is 1. The minimum absolute atomic E-state index is 0.506. The maximum atomic E-state index is 5.73.